The summed E-state index contributed by atoms with van der Waals surface area (Å²) in [6.07, 6.45) is 1.26. The van der Waals surface area contributed by atoms with Crippen molar-refractivity contribution in [3.05, 3.63) is 0 Å². The third kappa shape index (κ3) is 8.88. The monoisotopic (exact) mass is 457 g/mol. The molecule has 0 aromatic heterocycles. The lowest BCUT2D eigenvalue weighted by Gasteiger charge is -2.28. The summed E-state index contributed by atoms with van der Waals surface area (Å²) >= 11 is 0. The van der Waals surface area contributed by atoms with Gasteiger partial charge < -0.3 is 36.8 Å². The Labute approximate surface area is 185 Å². The van der Waals surface area contributed by atoms with Crippen LogP contribution in [-0.2, 0) is 28.8 Å². The van der Waals surface area contributed by atoms with Gasteiger partial charge in [-0.05, 0) is 38.6 Å². The topological polar surface area (TPSA) is 208 Å². The number of carboxylic acid groups (broad SMARTS) is 2. The summed E-state index contributed by atoms with van der Waals surface area (Å²) in [5, 5.41) is 25.4. The molecule has 0 spiro atoms. The molecule has 1 fully saturated rings. The molecular weight excluding hydrogens is 426 g/mol. The van der Waals surface area contributed by atoms with Crippen molar-refractivity contribution >= 4 is 35.6 Å². The van der Waals surface area contributed by atoms with Crippen LogP contribution in [-0.4, -0.2) is 88.4 Å². The number of rotatable bonds is 13. The first-order chi connectivity index (χ1) is 15.1. The second kappa shape index (κ2) is 13.2. The van der Waals surface area contributed by atoms with Gasteiger partial charge in [0.25, 0.3) is 0 Å². The van der Waals surface area contributed by atoms with Crippen molar-refractivity contribution in [1.82, 2.24) is 20.9 Å². The number of carbonyl (C=O) groups is 6. The quantitative estimate of drug-likeness (QED) is 0.165. The lowest BCUT2D eigenvalue weighted by molar-refractivity contribution is -0.149. The average Bonchev–Trinajstić information content (AvgIpc) is 3.20. The molecule has 0 bridgehead atoms. The first-order valence-electron chi connectivity index (χ1n) is 10.4. The van der Waals surface area contributed by atoms with E-state index in [2.05, 4.69) is 16.0 Å². The third-order valence-corrected chi connectivity index (χ3v) is 4.91. The third-order valence-electron chi connectivity index (χ3n) is 4.91. The highest BCUT2D eigenvalue weighted by Gasteiger charge is 2.38. The largest absolute Gasteiger partial charge is 0.481 e. The molecule has 32 heavy (non-hydrogen) atoms. The Morgan fingerprint density at radius 3 is 2.31 bits per heavy atom. The van der Waals surface area contributed by atoms with E-state index in [-0.39, 0.29) is 13.0 Å². The number of amides is 4. The normalized spacial score (nSPS) is 17.2. The molecule has 1 aliphatic rings. The van der Waals surface area contributed by atoms with Crippen molar-refractivity contribution in [3.63, 3.8) is 0 Å². The van der Waals surface area contributed by atoms with E-state index in [9.17, 15) is 33.9 Å². The molecular formula is C19H31N5O8. The predicted molar refractivity (Wildman–Crippen MR) is 110 cm³/mol. The minimum atomic E-state index is -1.49. The molecule has 0 aromatic carbocycles. The van der Waals surface area contributed by atoms with Gasteiger partial charge in [0.05, 0.1) is 13.0 Å². The molecule has 4 amide bonds. The molecule has 1 heterocycles. The maximum Gasteiger partial charge on any atom is 0.326 e. The summed E-state index contributed by atoms with van der Waals surface area (Å²) < 4.78 is 0. The van der Waals surface area contributed by atoms with Crippen LogP contribution in [0.1, 0.15) is 45.4 Å². The van der Waals surface area contributed by atoms with Gasteiger partial charge in [0.15, 0.2) is 0 Å². The van der Waals surface area contributed by atoms with E-state index >= 15 is 0 Å². The fraction of sp³-hybridized carbons (Fsp3) is 0.684. The number of nitrogens with zero attached hydrogens (tertiary/aromatic N) is 1. The van der Waals surface area contributed by atoms with E-state index < -0.39 is 66.7 Å². The molecule has 13 nitrogen and oxygen atoms in total. The van der Waals surface area contributed by atoms with Gasteiger partial charge in [-0.15, -0.1) is 0 Å². The van der Waals surface area contributed by atoms with Gasteiger partial charge in [-0.2, -0.15) is 0 Å². The minimum Gasteiger partial charge on any atom is -0.481 e. The number of nitrogens with one attached hydrogen (secondary N) is 3. The summed E-state index contributed by atoms with van der Waals surface area (Å²) in [6.45, 7) is 1.32. The number of likely N-dealkylation sites (tertiary alicyclic amines) is 1. The molecule has 1 saturated heterocycles. The van der Waals surface area contributed by atoms with Crippen molar-refractivity contribution in [2.24, 2.45) is 5.73 Å². The molecule has 0 aromatic rings. The fourth-order valence-corrected chi connectivity index (χ4v) is 3.34. The zero-order chi connectivity index (χ0) is 24.3. The van der Waals surface area contributed by atoms with E-state index in [1.807, 2.05) is 0 Å². The Hall–Kier alpha value is -3.22. The molecule has 13 heteroatoms. The summed E-state index contributed by atoms with van der Waals surface area (Å²) in [4.78, 5) is 72.4. The van der Waals surface area contributed by atoms with Crippen LogP contribution < -0.4 is 21.7 Å². The highest BCUT2D eigenvalue weighted by molar-refractivity contribution is 5.95. The van der Waals surface area contributed by atoms with Crippen molar-refractivity contribution in [2.45, 2.75) is 63.6 Å². The molecule has 1 rings (SSSR count). The maximum absolute atomic E-state index is 13.0. The van der Waals surface area contributed by atoms with Gasteiger partial charge in [0, 0.05) is 13.5 Å². The number of aliphatic carboxylic acids is 2. The number of nitrogens with two attached hydrogens (primary N) is 1. The lowest BCUT2D eigenvalue weighted by atomic mass is 10.1. The zero-order valence-electron chi connectivity index (χ0n) is 18.0. The predicted octanol–water partition coefficient (Wildman–Crippen LogP) is -2.23. The lowest BCUT2D eigenvalue weighted by Crippen LogP contribution is -2.56. The Morgan fingerprint density at radius 1 is 1.06 bits per heavy atom. The van der Waals surface area contributed by atoms with Crippen LogP contribution >= 0.6 is 0 Å². The first-order valence-corrected chi connectivity index (χ1v) is 10.4. The first kappa shape index (κ1) is 26.8. The molecule has 7 N–H and O–H groups in total. The SMILES string of the molecule is CC(=O)NCC(=O)N[C@@H](CC(=O)O)C(=O)N[C@@H](CCCCN)C(=O)N1CCC[C@H]1C(=O)O. The second-order valence-electron chi connectivity index (χ2n) is 7.50. The Bertz CT molecular complexity index is 729. The Balaban J connectivity index is 2.94. The number of carboxylic acids is 2. The van der Waals surface area contributed by atoms with Crippen molar-refractivity contribution < 1.29 is 39.0 Å². The zero-order valence-corrected chi connectivity index (χ0v) is 18.0. The highest BCUT2D eigenvalue weighted by atomic mass is 16.4. The second-order valence-corrected chi connectivity index (χ2v) is 7.50. The van der Waals surface area contributed by atoms with E-state index in [4.69, 9.17) is 10.8 Å². The van der Waals surface area contributed by atoms with E-state index in [0.717, 1.165) is 0 Å². The summed E-state index contributed by atoms with van der Waals surface area (Å²) in [7, 11) is 0. The molecule has 3 atom stereocenters. The van der Waals surface area contributed by atoms with Crippen LogP contribution in [0.2, 0.25) is 0 Å². The molecule has 180 valence electrons. The molecule has 0 saturated carbocycles. The Kier molecular flexibility index (Phi) is 11.1. The number of hydrogen-bond donors (Lipinski definition) is 6. The van der Waals surface area contributed by atoms with Crippen LogP contribution in [0.5, 0.6) is 0 Å². The number of hydrogen-bond acceptors (Lipinski definition) is 7. The number of carbonyl (C=O) groups excluding carboxylic acids is 4. The van der Waals surface area contributed by atoms with Crippen LogP contribution in [0, 0.1) is 0 Å². The van der Waals surface area contributed by atoms with Crippen molar-refractivity contribution in [1.29, 1.82) is 0 Å². The van der Waals surface area contributed by atoms with Crippen LogP contribution in [0.4, 0.5) is 0 Å². The molecule has 1 aliphatic heterocycles. The van der Waals surface area contributed by atoms with Gasteiger partial charge in [-0.3, -0.25) is 24.0 Å². The molecule has 0 aliphatic carbocycles. The van der Waals surface area contributed by atoms with Crippen LogP contribution in [0.15, 0.2) is 0 Å². The summed E-state index contributed by atoms with van der Waals surface area (Å²) in [5.41, 5.74) is 5.48. The van der Waals surface area contributed by atoms with Crippen LogP contribution in [0.25, 0.3) is 0 Å². The summed E-state index contributed by atoms with van der Waals surface area (Å²) in [5.74, 6) is -5.25. The van der Waals surface area contributed by atoms with Gasteiger partial charge in [-0.1, -0.05) is 0 Å². The summed E-state index contributed by atoms with van der Waals surface area (Å²) in [6, 6.07) is -3.59. The highest BCUT2D eigenvalue weighted by Crippen LogP contribution is 2.20. The molecule has 0 radical (unpaired) electrons. The molecule has 0 unspecified atom stereocenters. The van der Waals surface area contributed by atoms with Crippen LogP contribution in [0.3, 0.4) is 0 Å². The fourth-order valence-electron chi connectivity index (χ4n) is 3.34. The van der Waals surface area contributed by atoms with Gasteiger partial charge in [-0.25, -0.2) is 4.79 Å². The smallest absolute Gasteiger partial charge is 0.326 e. The van der Waals surface area contributed by atoms with Crippen molar-refractivity contribution in [3.8, 4) is 0 Å². The Morgan fingerprint density at radius 2 is 1.75 bits per heavy atom. The maximum atomic E-state index is 13.0. The van der Waals surface area contributed by atoms with Gasteiger partial charge >= 0.3 is 11.9 Å². The van der Waals surface area contributed by atoms with Crippen molar-refractivity contribution in [2.75, 3.05) is 19.6 Å². The van der Waals surface area contributed by atoms with Gasteiger partial charge in [0.1, 0.15) is 18.1 Å². The number of unbranched alkanes of at least 4 members (excludes halogenated alkanes) is 1. The minimum absolute atomic E-state index is 0.171. The average molecular weight is 457 g/mol. The standard InChI is InChI=1S/C19H31N5O8/c1-11(25)21-10-15(26)22-13(9-16(27)28)17(29)23-12(5-2-3-7-20)18(30)24-8-4-6-14(24)19(31)32/h12-14H,2-10,20H2,1H3,(H,21,25)(H,22,26)(H,23,29)(H,27,28)(H,31,32)/t12-,13-,14-/m0/s1. The van der Waals surface area contributed by atoms with E-state index in [1.54, 1.807) is 0 Å². The van der Waals surface area contributed by atoms with Gasteiger partial charge in [0.2, 0.25) is 23.6 Å². The van der Waals surface area contributed by atoms with E-state index in [1.165, 1.54) is 11.8 Å². The van der Waals surface area contributed by atoms with E-state index in [0.29, 0.717) is 32.2 Å².